The van der Waals surface area contributed by atoms with Crippen molar-refractivity contribution in [2.75, 3.05) is 30.9 Å². The molecule has 2 aliphatic carbocycles. The minimum absolute atomic E-state index is 0.106. The lowest BCUT2D eigenvalue weighted by molar-refractivity contribution is -0.115. The highest BCUT2D eigenvalue weighted by Gasteiger charge is 2.49. The van der Waals surface area contributed by atoms with E-state index in [4.69, 9.17) is 9.15 Å². The molecule has 4 N–H and O–H groups in total. The van der Waals surface area contributed by atoms with E-state index in [1.807, 2.05) is 12.2 Å². The Morgan fingerprint density at radius 2 is 2.09 bits per heavy atom. The van der Waals surface area contributed by atoms with Gasteiger partial charge >= 0.3 is 6.18 Å². The van der Waals surface area contributed by atoms with Crippen LogP contribution in [-0.4, -0.2) is 63.4 Å². The highest BCUT2D eigenvalue weighted by molar-refractivity contribution is 5.74. The van der Waals surface area contributed by atoms with Crippen molar-refractivity contribution in [1.82, 2.24) is 15.0 Å². The molecular weight excluding hydrogens is 443 g/mol. The topological polar surface area (TPSA) is 126 Å². The van der Waals surface area contributed by atoms with E-state index in [1.165, 1.54) is 7.11 Å². The van der Waals surface area contributed by atoms with Gasteiger partial charge in [0.2, 0.25) is 11.8 Å². The first-order chi connectivity index (χ1) is 15.7. The van der Waals surface area contributed by atoms with Crippen molar-refractivity contribution in [2.45, 2.75) is 50.6 Å². The van der Waals surface area contributed by atoms with Crippen LogP contribution in [0.2, 0.25) is 0 Å². The number of aryl methyl sites for hydroxylation is 2. The van der Waals surface area contributed by atoms with E-state index in [0.29, 0.717) is 36.3 Å². The van der Waals surface area contributed by atoms with Gasteiger partial charge in [0.15, 0.2) is 11.5 Å². The first-order valence-electron chi connectivity index (χ1n) is 10.6. The molecule has 2 heterocycles. The van der Waals surface area contributed by atoms with E-state index in [9.17, 15) is 23.4 Å². The van der Waals surface area contributed by atoms with Crippen LogP contribution in [0.25, 0.3) is 17.5 Å². The molecule has 0 aliphatic heterocycles. The van der Waals surface area contributed by atoms with Crippen LogP contribution in [0.5, 0.6) is 0 Å². The second-order valence-corrected chi connectivity index (χ2v) is 8.24. The number of halogens is 3. The molecule has 0 bridgehead atoms. The van der Waals surface area contributed by atoms with Crippen molar-refractivity contribution in [3.63, 3.8) is 0 Å². The van der Waals surface area contributed by atoms with Crippen LogP contribution in [0.15, 0.2) is 10.5 Å². The van der Waals surface area contributed by atoms with Gasteiger partial charge in [-0.3, -0.25) is 0 Å². The zero-order valence-corrected chi connectivity index (χ0v) is 18.2. The fourth-order valence-corrected chi connectivity index (χ4v) is 4.26. The van der Waals surface area contributed by atoms with Crippen LogP contribution < -0.4 is 10.6 Å². The maximum atomic E-state index is 12.8. The molecule has 0 amide bonds. The number of allylic oxidation sites excluding steroid dienone is 1. The van der Waals surface area contributed by atoms with E-state index in [1.54, 1.807) is 6.92 Å². The summed E-state index contributed by atoms with van der Waals surface area (Å²) < 4.78 is 49.8. The Hall–Kier alpha value is -2.70. The Bertz CT molecular complexity index is 1040. The zero-order chi connectivity index (χ0) is 23.8. The Kier molecular flexibility index (Phi) is 6.34. The molecule has 3 atom stereocenters. The van der Waals surface area contributed by atoms with Crippen molar-refractivity contribution in [3.8, 4) is 11.5 Å². The Balaban J connectivity index is 1.77. The Morgan fingerprint density at radius 3 is 2.73 bits per heavy atom. The number of anilines is 2. The van der Waals surface area contributed by atoms with Gasteiger partial charge in [0, 0.05) is 19.6 Å². The summed E-state index contributed by atoms with van der Waals surface area (Å²) in [5.41, 5.74) is 0.138. The second-order valence-electron chi connectivity index (χ2n) is 8.24. The number of oxazole rings is 1. The average Bonchev–Trinajstić information content (AvgIpc) is 3.33. The van der Waals surface area contributed by atoms with Crippen LogP contribution >= 0.6 is 0 Å². The lowest BCUT2D eigenvalue weighted by atomic mass is 10.0. The molecular formula is C21H26F3N5O4. The molecule has 180 valence electrons. The summed E-state index contributed by atoms with van der Waals surface area (Å²) >= 11 is 0. The summed E-state index contributed by atoms with van der Waals surface area (Å²) in [7, 11) is 1.40. The number of alkyl halides is 3. The molecule has 1 saturated carbocycles. The van der Waals surface area contributed by atoms with Crippen molar-refractivity contribution >= 4 is 17.8 Å². The molecule has 2 aromatic rings. The minimum Gasteiger partial charge on any atom is -0.436 e. The Morgan fingerprint density at radius 1 is 1.30 bits per heavy atom. The summed E-state index contributed by atoms with van der Waals surface area (Å²) in [6.07, 6.45) is 0.589. The molecule has 1 fully saturated rings. The number of aromatic nitrogens is 3. The summed E-state index contributed by atoms with van der Waals surface area (Å²) in [6.45, 7) is 0.0653. The number of aliphatic hydroxyl groups is 2. The smallest absolute Gasteiger partial charge is 0.405 e. The van der Waals surface area contributed by atoms with Gasteiger partial charge in [0.1, 0.15) is 24.0 Å². The third-order valence-electron chi connectivity index (χ3n) is 6.03. The maximum Gasteiger partial charge on any atom is 0.405 e. The maximum absolute atomic E-state index is 12.8. The second kappa shape index (κ2) is 8.92. The van der Waals surface area contributed by atoms with Crippen LogP contribution in [0.1, 0.15) is 36.4 Å². The van der Waals surface area contributed by atoms with Crippen LogP contribution in [0.3, 0.4) is 0 Å². The number of methoxy groups -OCH3 is 1. The van der Waals surface area contributed by atoms with E-state index in [-0.39, 0.29) is 24.3 Å². The third kappa shape index (κ3) is 4.68. The predicted molar refractivity (Wildman–Crippen MR) is 113 cm³/mol. The molecule has 2 aromatic heterocycles. The monoisotopic (exact) mass is 469 g/mol. The number of ether oxygens (including phenoxy) is 1. The summed E-state index contributed by atoms with van der Waals surface area (Å²) in [4.78, 5) is 13.0. The third-order valence-corrected chi connectivity index (χ3v) is 6.03. The van der Waals surface area contributed by atoms with E-state index < -0.39 is 30.5 Å². The highest BCUT2D eigenvalue weighted by Crippen LogP contribution is 2.41. The highest BCUT2D eigenvalue weighted by atomic mass is 19.4. The first-order valence-corrected chi connectivity index (χ1v) is 10.6. The van der Waals surface area contributed by atoms with E-state index >= 15 is 0 Å². The standard InChI is InChI=1S/C21H26F3N5O4/c1-11-15(18-27-13-5-3-4-6-14(13)33-18)17(28-19(26-11)25-10-21(22,23)24)29-20(32-2)8-7-12(9-30)16(20)31/h4,6,12,16,30-31H,3,5,7-10H2,1-2H3,(H2,25,26,28,29). The lowest BCUT2D eigenvalue weighted by Crippen LogP contribution is -2.49. The number of hydrogen-bond donors (Lipinski definition) is 4. The largest absolute Gasteiger partial charge is 0.436 e. The molecule has 0 spiro atoms. The van der Waals surface area contributed by atoms with Gasteiger partial charge in [-0.05, 0) is 38.7 Å². The van der Waals surface area contributed by atoms with Gasteiger partial charge in [0.05, 0.1) is 11.4 Å². The van der Waals surface area contributed by atoms with Gasteiger partial charge < -0.3 is 30.0 Å². The van der Waals surface area contributed by atoms with Crippen LogP contribution in [-0.2, 0) is 11.2 Å². The van der Waals surface area contributed by atoms with Crippen molar-refractivity contribution in [3.05, 3.63) is 23.2 Å². The van der Waals surface area contributed by atoms with Gasteiger partial charge in [-0.1, -0.05) is 6.08 Å². The zero-order valence-electron chi connectivity index (χ0n) is 18.2. The van der Waals surface area contributed by atoms with Gasteiger partial charge in [-0.15, -0.1) is 0 Å². The molecule has 12 heteroatoms. The number of nitrogens with one attached hydrogen (secondary N) is 2. The van der Waals surface area contributed by atoms with Gasteiger partial charge in [-0.2, -0.15) is 18.2 Å². The predicted octanol–water partition coefficient (Wildman–Crippen LogP) is 2.89. The molecule has 4 rings (SSSR count). The molecule has 3 unspecified atom stereocenters. The van der Waals surface area contributed by atoms with Crippen molar-refractivity contribution in [2.24, 2.45) is 5.92 Å². The van der Waals surface area contributed by atoms with Gasteiger partial charge in [0.25, 0.3) is 0 Å². The molecule has 2 aliphatic rings. The molecule has 0 saturated heterocycles. The van der Waals surface area contributed by atoms with Crippen LogP contribution in [0.4, 0.5) is 24.9 Å². The molecule has 9 nitrogen and oxygen atoms in total. The van der Waals surface area contributed by atoms with Crippen LogP contribution in [0, 0.1) is 12.8 Å². The summed E-state index contributed by atoms with van der Waals surface area (Å²) in [5, 5.41) is 25.6. The average molecular weight is 469 g/mol. The normalized spacial score (nSPS) is 24.7. The molecule has 0 aromatic carbocycles. The Labute approximate surface area is 188 Å². The fraction of sp³-hybridized carbons (Fsp3) is 0.571. The number of aliphatic hydroxyl groups excluding tert-OH is 2. The number of hydrogen-bond acceptors (Lipinski definition) is 9. The van der Waals surface area contributed by atoms with Crippen molar-refractivity contribution < 1.29 is 32.5 Å². The number of fused-ring (bicyclic) bond motifs is 1. The fourth-order valence-electron chi connectivity index (χ4n) is 4.26. The summed E-state index contributed by atoms with van der Waals surface area (Å²) in [5.74, 6) is 0.250. The minimum atomic E-state index is -4.46. The lowest BCUT2D eigenvalue weighted by Gasteiger charge is -2.34. The number of rotatable bonds is 7. The van der Waals surface area contributed by atoms with Gasteiger partial charge in [-0.25, -0.2) is 9.97 Å². The molecule has 33 heavy (non-hydrogen) atoms. The number of nitrogens with zero attached hydrogens (tertiary/aromatic N) is 3. The molecule has 0 radical (unpaired) electrons. The first kappa shape index (κ1) is 23.5. The van der Waals surface area contributed by atoms with Crippen molar-refractivity contribution in [1.29, 1.82) is 0 Å². The quantitative estimate of drug-likeness (QED) is 0.453. The van der Waals surface area contributed by atoms with E-state index in [0.717, 1.165) is 12.1 Å². The van der Waals surface area contributed by atoms with E-state index in [2.05, 4.69) is 25.6 Å². The SMILES string of the molecule is COC1(Nc2nc(NCC(F)(F)F)nc(C)c2-c2nc3c(o2)C=CCC3)CCC(CO)C1O. The summed E-state index contributed by atoms with van der Waals surface area (Å²) in [6, 6.07) is 0.